The number of nitrogens with one attached hydrogen (secondary N) is 1. The van der Waals surface area contributed by atoms with Crippen molar-refractivity contribution < 1.29 is 9.21 Å². The number of rotatable bonds is 4. The average molecular weight is 330 g/mol. The van der Waals surface area contributed by atoms with E-state index >= 15 is 0 Å². The number of hydrogen-bond acceptors (Lipinski definition) is 5. The molecule has 0 spiro atoms. The molecule has 0 aliphatic carbocycles. The molecular weight excluding hydrogens is 316 g/mol. The Morgan fingerprint density at radius 2 is 1.92 bits per heavy atom. The summed E-state index contributed by atoms with van der Waals surface area (Å²) in [7, 11) is 0. The van der Waals surface area contributed by atoms with Gasteiger partial charge in [0.25, 0.3) is 5.91 Å². The summed E-state index contributed by atoms with van der Waals surface area (Å²) in [5.41, 5.74) is 3.39. The lowest BCUT2D eigenvalue weighted by atomic mass is 10.2. The molecule has 0 radical (unpaired) electrons. The van der Waals surface area contributed by atoms with Crippen molar-refractivity contribution in [2.45, 2.75) is 6.54 Å². The lowest BCUT2D eigenvalue weighted by molar-refractivity contribution is 0.0946. The van der Waals surface area contributed by atoms with E-state index < -0.39 is 0 Å². The Morgan fingerprint density at radius 1 is 1.04 bits per heavy atom. The van der Waals surface area contributed by atoms with Crippen LogP contribution in [0.3, 0.4) is 0 Å². The van der Waals surface area contributed by atoms with Crippen molar-refractivity contribution in [2.75, 3.05) is 0 Å². The van der Waals surface area contributed by atoms with E-state index in [1.807, 2.05) is 48.5 Å². The molecule has 0 fully saturated rings. The van der Waals surface area contributed by atoms with Crippen molar-refractivity contribution >= 4 is 16.9 Å². The Hall–Kier alpha value is -3.54. The molecule has 1 amide bonds. The molecule has 6 heteroatoms. The van der Waals surface area contributed by atoms with Crippen molar-refractivity contribution in [1.82, 2.24) is 20.3 Å². The van der Waals surface area contributed by atoms with Crippen LogP contribution in [0.5, 0.6) is 0 Å². The minimum Gasteiger partial charge on any atom is -0.463 e. The van der Waals surface area contributed by atoms with E-state index in [0.717, 1.165) is 16.8 Å². The Kier molecular flexibility index (Phi) is 3.92. The van der Waals surface area contributed by atoms with Gasteiger partial charge in [-0.1, -0.05) is 12.1 Å². The van der Waals surface area contributed by atoms with Gasteiger partial charge in [0.05, 0.1) is 23.5 Å². The number of benzene rings is 1. The largest absolute Gasteiger partial charge is 0.463 e. The van der Waals surface area contributed by atoms with Crippen molar-refractivity contribution in [2.24, 2.45) is 0 Å². The van der Waals surface area contributed by atoms with E-state index in [1.165, 1.54) is 6.20 Å². The molecular formula is C19H14N4O2. The number of furan rings is 1. The Bertz CT molecular complexity index is 1030. The van der Waals surface area contributed by atoms with Gasteiger partial charge in [0.15, 0.2) is 5.76 Å². The summed E-state index contributed by atoms with van der Waals surface area (Å²) < 4.78 is 5.34. The third kappa shape index (κ3) is 3.23. The predicted octanol–water partition coefficient (Wildman–Crippen LogP) is 3.21. The zero-order valence-electron chi connectivity index (χ0n) is 13.2. The normalized spacial score (nSPS) is 10.7. The van der Waals surface area contributed by atoms with Crippen LogP contribution in [0.4, 0.5) is 0 Å². The van der Waals surface area contributed by atoms with Crippen LogP contribution < -0.4 is 5.32 Å². The van der Waals surface area contributed by atoms with Crippen LogP contribution in [0.1, 0.15) is 16.1 Å². The molecule has 122 valence electrons. The van der Waals surface area contributed by atoms with E-state index in [9.17, 15) is 4.79 Å². The number of hydrogen-bond donors (Lipinski definition) is 1. The van der Waals surface area contributed by atoms with Crippen LogP contribution >= 0.6 is 0 Å². The molecule has 3 aromatic heterocycles. The van der Waals surface area contributed by atoms with Crippen LogP contribution in [0.15, 0.2) is 71.6 Å². The Balaban J connectivity index is 1.48. The van der Waals surface area contributed by atoms with E-state index in [0.29, 0.717) is 23.5 Å². The molecule has 0 saturated carbocycles. The molecule has 0 atom stereocenters. The van der Waals surface area contributed by atoms with Gasteiger partial charge in [-0.15, -0.1) is 0 Å². The van der Waals surface area contributed by atoms with Gasteiger partial charge in [-0.3, -0.25) is 14.8 Å². The second-order valence-corrected chi connectivity index (χ2v) is 5.45. The van der Waals surface area contributed by atoms with Gasteiger partial charge in [0.1, 0.15) is 11.4 Å². The molecule has 25 heavy (non-hydrogen) atoms. The second-order valence-electron chi connectivity index (χ2n) is 5.45. The van der Waals surface area contributed by atoms with Crippen molar-refractivity contribution in [1.29, 1.82) is 0 Å². The summed E-state index contributed by atoms with van der Waals surface area (Å²) in [5.74, 6) is 0.420. The summed E-state index contributed by atoms with van der Waals surface area (Å²) in [6, 6.07) is 14.8. The van der Waals surface area contributed by atoms with Crippen LogP contribution in [-0.4, -0.2) is 20.9 Å². The zero-order chi connectivity index (χ0) is 17.1. The van der Waals surface area contributed by atoms with E-state index in [2.05, 4.69) is 20.3 Å². The van der Waals surface area contributed by atoms with Gasteiger partial charge in [-0.2, -0.15) is 0 Å². The second kappa shape index (κ2) is 6.52. The fourth-order valence-corrected chi connectivity index (χ4v) is 2.48. The van der Waals surface area contributed by atoms with Gasteiger partial charge in [-0.25, -0.2) is 4.98 Å². The SMILES string of the molecule is O=C(NCc1ccnc(-c2ccco2)c1)c1cnc2ccccc2n1. The average Bonchev–Trinajstić information content (AvgIpc) is 3.21. The highest BCUT2D eigenvalue weighted by atomic mass is 16.3. The van der Waals surface area contributed by atoms with Crippen molar-refractivity contribution in [3.8, 4) is 11.5 Å². The first kappa shape index (κ1) is 15.0. The number of pyridine rings is 1. The van der Waals surface area contributed by atoms with Crippen molar-refractivity contribution in [3.05, 3.63) is 78.4 Å². The highest BCUT2D eigenvalue weighted by molar-refractivity contribution is 5.93. The van der Waals surface area contributed by atoms with Gasteiger partial charge in [0.2, 0.25) is 0 Å². The summed E-state index contributed by atoms with van der Waals surface area (Å²) in [4.78, 5) is 25.2. The third-order valence-corrected chi connectivity index (χ3v) is 3.73. The molecule has 3 heterocycles. The molecule has 1 aromatic carbocycles. The number of nitrogens with zero attached hydrogens (tertiary/aromatic N) is 3. The van der Waals surface area contributed by atoms with Crippen LogP contribution in [0.25, 0.3) is 22.5 Å². The standard InChI is InChI=1S/C19H14N4O2/c24-19(17-12-21-14-4-1-2-5-15(14)23-17)22-11-13-7-8-20-16(10-13)18-6-3-9-25-18/h1-10,12H,11H2,(H,22,24). The maximum Gasteiger partial charge on any atom is 0.271 e. The number of para-hydroxylation sites is 2. The van der Waals surface area contributed by atoms with Gasteiger partial charge >= 0.3 is 0 Å². The van der Waals surface area contributed by atoms with E-state index in [1.54, 1.807) is 12.5 Å². The van der Waals surface area contributed by atoms with Crippen LogP contribution in [0.2, 0.25) is 0 Å². The first-order valence-electron chi connectivity index (χ1n) is 7.78. The maximum absolute atomic E-state index is 12.3. The molecule has 4 rings (SSSR count). The molecule has 0 unspecified atom stereocenters. The molecule has 0 aliphatic heterocycles. The molecule has 1 N–H and O–H groups in total. The minimum absolute atomic E-state index is 0.269. The Morgan fingerprint density at radius 3 is 2.76 bits per heavy atom. The fraction of sp³-hybridized carbons (Fsp3) is 0.0526. The van der Waals surface area contributed by atoms with Gasteiger partial charge in [-0.05, 0) is 42.0 Å². The smallest absolute Gasteiger partial charge is 0.271 e. The Labute approximate surface area is 143 Å². The number of aromatic nitrogens is 3. The van der Waals surface area contributed by atoms with Crippen molar-refractivity contribution in [3.63, 3.8) is 0 Å². The molecule has 4 aromatic rings. The topological polar surface area (TPSA) is 80.9 Å². The molecule has 0 saturated heterocycles. The number of carbonyl (C=O) groups is 1. The molecule has 6 nitrogen and oxygen atoms in total. The predicted molar refractivity (Wildman–Crippen MR) is 92.6 cm³/mol. The first-order valence-corrected chi connectivity index (χ1v) is 7.78. The zero-order valence-corrected chi connectivity index (χ0v) is 13.2. The lowest BCUT2D eigenvalue weighted by Gasteiger charge is -2.06. The summed E-state index contributed by atoms with van der Waals surface area (Å²) in [6.07, 6.45) is 4.78. The number of fused-ring (bicyclic) bond motifs is 1. The highest BCUT2D eigenvalue weighted by Crippen LogP contribution is 2.18. The van der Waals surface area contributed by atoms with Crippen LogP contribution in [0, 0.1) is 0 Å². The first-order chi connectivity index (χ1) is 12.3. The minimum atomic E-state index is -0.269. The highest BCUT2D eigenvalue weighted by Gasteiger charge is 2.09. The van der Waals surface area contributed by atoms with E-state index in [4.69, 9.17) is 4.42 Å². The number of amides is 1. The van der Waals surface area contributed by atoms with Gasteiger partial charge in [0, 0.05) is 12.7 Å². The molecule has 0 bridgehead atoms. The van der Waals surface area contributed by atoms with Crippen LogP contribution in [-0.2, 0) is 6.54 Å². The summed E-state index contributed by atoms with van der Waals surface area (Å²) >= 11 is 0. The van der Waals surface area contributed by atoms with Gasteiger partial charge < -0.3 is 9.73 Å². The fourth-order valence-electron chi connectivity index (χ4n) is 2.48. The maximum atomic E-state index is 12.3. The summed E-state index contributed by atoms with van der Waals surface area (Å²) in [6.45, 7) is 0.365. The lowest BCUT2D eigenvalue weighted by Crippen LogP contribution is -2.24. The number of carbonyl (C=O) groups excluding carboxylic acids is 1. The van der Waals surface area contributed by atoms with E-state index in [-0.39, 0.29) is 5.91 Å². The quantitative estimate of drug-likeness (QED) is 0.621. The monoisotopic (exact) mass is 330 g/mol. The summed E-state index contributed by atoms with van der Waals surface area (Å²) in [5, 5.41) is 2.85. The third-order valence-electron chi connectivity index (χ3n) is 3.73. The molecule has 0 aliphatic rings.